The van der Waals surface area contributed by atoms with E-state index in [9.17, 15) is 4.39 Å². The summed E-state index contributed by atoms with van der Waals surface area (Å²) in [5.74, 6) is 0.360. The van der Waals surface area contributed by atoms with E-state index in [4.69, 9.17) is 11.5 Å². The first-order valence-corrected chi connectivity index (χ1v) is 7.46. The molecule has 116 valence electrons. The van der Waals surface area contributed by atoms with Crippen LogP contribution in [0.3, 0.4) is 0 Å². The Kier molecular flexibility index (Phi) is 4.24. The topological polar surface area (TPSA) is 103 Å². The molecular weight excluding hydrogens is 315 g/mol. The van der Waals surface area contributed by atoms with Gasteiger partial charge in [-0.3, -0.25) is 4.98 Å². The molecule has 8 heteroatoms. The number of nitrogens with two attached hydrogens (primary N) is 2. The quantitative estimate of drug-likeness (QED) is 0.676. The third-order valence-electron chi connectivity index (χ3n) is 2.85. The van der Waals surface area contributed by atoms with Crippen LogP contribution < -0.4 is 16.8 Å². The van der Waals surface area contributed by atoms with Crippen molar-refractivity contribution in [1.82, 2.24) is 15.0 Å². The molecule has 2 aromatic heterocycles. The molecular formula is C15H13FN6S. The molecule has 6 nitrogen and oxygen atoms in total. The van der Waals surface area contributed by atoms with Crippen LogP contribution in [-0.4, -0.2) is 15.0 Å². The highest BCUT2D eigenvalue weighted by atomic mass is 32.2. The maximum Gasteiger partial charge on any atom is 0.223 e. The Hall–Kier alpha value is -2.87. The van der Waals surface area contributed by atoms with Crippen molar-refractivity contribution in [3.05, 3.63) is 54.6 Å². The summed E-state index contributed by atoms with van der Waals surface area (Å²) < 4.78 is 14.2. The van der Waals surface area contributed by atoms with Gasteiger partial charge in [0.05, 0.1) is 0 Å². The number of rotatable bonds is 4. The number of nitrogen functional groups attached to an aromatic ring is 2. The summed E-state index contributed by atoms with van der Waals surface area (Å²) in [6.07, 6.45) is 3.33. The smallest absolute Gasteiger partial charge is 0.223 e. The number of aromatic nitrogens is 3. The van der Waals surface area contributed by atoms with Crippen LogP contribution in [0.15, 0.2) is 58.6 Å². The van der Waals surface area contributed by atoms with E-state index >= 15 is 0 Å². The van der Waals surface area contributed by atoms with Crippen LogP contribution in [0.2, 0.25) is 0 Å². The van der Waals surface area contributed by atoms with Crippen molar-refractivity contribution in [2.75, 3.05) is 16.8 Å². The molecule has 0 saturated heterocycles. The summed E-state index contributed by atoms with van der Waals surface area (Å²) >= 11 is 1.33. The Morgan fingerprint density at radius 2 is 1.78 bits per heavy atom. The summed E-state index contributed by atoms with van der Waals surface area (Å²) in [5, 5.41) is 2.95. The molecule has 0 amide bonds. The summed E-state index contributed by atoms with van der Waals surface area (Å²) in [5.41, 5.74) is 11.7. The number of hydrogen-bond acceptors (Lipinski definition) is 7. The van der Waals surface area contributed by atoms with Crippen LogP contribution in [0.4, 0.5) is 27.7 Å². The summed E-state index contributed by atoms with van der Waals surface area (Å²) in [6, 6.07) is 10.00. The highest BCUT2D eigenvalue weighted by molar-refractivity contribution is 7.99. The first-order valence-electron chi connectivity index (χ1n) is 6.64. The predicted molar refractivity (Wildman–Crippen MR) is 88.9 cm³/mol. The van der Waals surface area contributed by atoms with Gasteiger partial charge in [0, 0.05) is 33.9 Å². The average Bonchev–Trinajstić information content (AvgIpc) is 2.50. The van der Waals surface area contributed by atoms with Gasteiger partial charge in [-0.2, -0.15) is 9.97 Å². The third kappa shape index (κ3) is 3.86. The molecule has 0 aliphatic rings. The zero-order chi connectivity index (χ0) is 16.2. The number of benzene rings is 1. The van der Waals surface area contributed by atoms with Gasteiger partial charge in [-0.25, -0.2) is 4.39 Å². The SMILES string of the molecule is Nc1cc(Nc2ccc(Sc3ccncc3)c(F)c2)nc(N)n1. The molecule has 0 radical (unpaired) electrons. The Balaban J connectivity index is 1.79. The minimum atomic E-state index is -0.341. The molecule has 0 aliphatic heterocycles. The lowest BCUT2D eigenvalue weighted by molar-refractivity contribution is 0.602. The van der Waals surface area contributed by atoms with Gasteiger partial charge in [-0.15, -0.1) is 0 Å². The standard InChI is InChI=1S/C15H13FN6S/c16-11-7-9(20-14-8-13(17)21-15(18)22-14)1-2-12(11)23-10-3-5-19-6-4-10/h1-8H,(H5,17,18,20,21,22). The van der Waals surface area contributed by atoms with E-state index in [0.29, 0.717) is 16.4 Å². The normalized spacial score (nSPS) is 10.5. The van der Waals surface area contributed by atoms with Gasteiger partial charge in [0.2, 0.25) is 5.95 Å². The van der Waals surface area contributed by atoms with Gasteiger partial charge < -0.3 is 16.8 Å². The average molecular weight is 328 g/mol. The first kappa shape index (κ1) is 15.0. The second-order valence-electron chi connectivity index (χ2n) is 4.59. The molecule has 3 aromatic rings. The molecule has 23 heavy (non-hydrogen) atoms. The number of nitrogens with one attached hydrogen (secondary N) is 1. The lowest BCUT2D eigenvalue weighted by Crippen LogP contribution is -2.03. The Labute approximate surface area is 136 Å². The first-order chi connectivity index (χ1) is 11.1. The second kappa shape index (κ2) is 6.49. The lowest BCUT2D eigenvalue weighted by atomic mass is 10.3. The fourth-order valence-corrected chi connectivity index (χ4v) is 2.70. The summed E-state index contributed by atoms with van der Waals surface area (Å²) in [6.45, 7) is 0. The molecule has 0 aliphatic carbocycles. The largest absolute Gasteiger partial charge is 0.383 e. The van der Waals surface area contributed by atoms with Gasteiger partial charge in [-0.05, 0) is 30.3 Å². The molecule has 1 aromatic carbocycles. The van der Waals surface area contributed by atoms with E-state index in [1.165, 1.54) is 23.9 Å². The van der Waals surface area contributed by atoms with Crippen molar-refractivity contribution in [2.45, 2.75) is 9.79 Å². The molecule has 0 fully saturated rings. The van der Waals surface area contributed by atoms with Crippen molar-refractivity contribution in [3.8, 4) is 0 Å². The predicted octanol–water partition coefficient (Wildman–Crippen LogP) is 3.07. The van der Waals surface area contributed by atoms with E-state index in [1.54, 1.807) is 24.5 Å². The van der Waals surface area contributed by atoms with Gasteiger partial charge in [0.1, 0.15) is 17.5 Å². The zero-order valence-corrected chi connectivity index (χ0v) is 12.7. The van der Waals surface area contributed by atoms with E-state index in [1.807, 2.05) is 12.1 Å². The van der Waals surface area contributed by atoms with Crippen LogP contribution >= 0.6 is 11.8 Å². The van der Waals surface area contributed by atoms with Crippen LogP contribution in [0.25, 0.3) is 0 Å². The number of nitrogens with zero attached hydrogens (tertiary/aromatic N) is 3. The highest BCUT2D eigenvalue weighted by Gasteiger charge is 2.07. The minimum Gasteiger partial charge on any atom is -0.383 e. The highest BCUT2D eigenvalue weighted by Crippen LogP contribution is 2.31. The fraction of sp³-hybridized carbons (Fsp3) is 0. The van der Waals surface area contributed by atoms with Gasteiger partial charge in [0.25, 0.3) is 0 Å². The van der Waals surface area contributed by atoms with Crippen LogP contribution in [0, 0.1) is 5.82 Å². The Bertz CT molecular complexity index is 807. The monoisotopic (exact) mass is 328 g/mol. The molecule has 0 saturated carbocycles. The second-order valence-corrected chi connectivity index (χ2v) is 5.71. The van der Waals surface area contributed by atoms with Gasteiger partial charge in [-0.1, -0.05) is 11.8 Å². The molecule has 5 N–H and O–H groups in total. The maximum absolute atomic E-state index is 14.2. The van der Waals surface area contributed by atoms with Crippen molar-refractivity contribution < 1.29 is 4.39 Å². The van der Waals surface area contributed by atoms with Crippen LogP contribution in [-0.2, 0) is 0 Å². The number of halogens is 1. The van der Waals surface area contributed by atoms with E-state index in [0.717, 1.165) is 4.90 Å². The summed E-state index contributed by atoms with van der Waals surface area (Å²) in [7, 11) is 0. The number of anilines is 4. The van der Waals surface area contributed by atoms with E-state index < -0.39 is 0 Å². The molecule has 0 bridgehead atoms. The van der Waals surface area contributed by atoms with Gasteiger partial charge in [0.15, 0.2) is 0 Å². The summed E-state index contributed by atoms with van der Waals surface area (Å²) in [4.78, 5) is 13.1. The number of hydrogen-bond donors (Lipinski definition) is 3. The zero-order valence-electron chi connectivity index (χ0n) is 11.9. The number of pyridine rings is 1. The lowest BCUT2D eigenvalue weighted by Gasteiger charge is -2.09. The van der Waals surface area contributed by atoms with E-state index in [2.05, 4.69) is 20.3 Å². The van der Waals surface area contributed by atoms with Crippen molar-refractivity contribution in [2.24, 2.45) is 0 Å². The maximum atomic E-state index is 14.2. The third-order valence-corrected chi connectivity index (χ3v) is 3.90. The molecule has 0 unspecified atom stereocenters. The fourth-order valence-electron chi connectivity index (χ4n) is 1.89. The minimum absolute atomic E-state index is 0.0536. The van der Waals surface area contributed by atoms with Crippen LogP contribution in [0.1, 0.15) is 0 Å². The Morgan fingerprint density at radius 3 is 2.48 bits per heavy atom. The van der Waals surface area contributed by atoms with Gasteiger partial charge >= 0.3 is 0 Å². The molecule has 3 rings (SSSR count). The molecule has 2 heterocycles. The van der Waals surface area contributed by atoms with E-state index in [-0.39, 0.29) is 17.6 Å². The van der Waals surface area contributed by atoms with Crippen LogP contribution in [0.5, 0.6) is 0 Å². The van der Waals surface area contributed by atoms with Crippen molar-refractivity contribution >= 4 is 35.0 Å². The molecule has 0 spiro atoms. The van der Waals surface area contributed by atoms with Crippen molar-refractivity contribution in [1.29, 1.82) is 0 Å². The Morgan fingerprint density at radius 1 is 1.00 bits per heavy atom. The molecule has 0 atom stereocenters. The van der Waals surface area contributed by atoms with Crippen molar-refractivity contribution in [3.63, 3.8) is 0 Å².